The number of carbonyl (C=O) groups is 2. The zero-order valence-electron chi connectivity index (χ0n) is 8.34. The summed E-state index contributed by atoms with van der Waals surface area (Å²) < 4.78 is 0. The standard InChI is InChI=1S/C11H6Cl4O2/c12-6-7(13)9(17)11(15)5-2-1-4(3-5)10(11,14)8(6)16/h1-2,4-5H,3H2/t4-,5+,10-,11-/m1/s1. The highest BCUT2D eigenvalue weighted by Crippen LogP contribution is 2.64. The van der Waals surface area contributed by atoms with Gasteiger partial charge in [0.15, 0.2) is 11.6 Å². The van der Waals surface area contributed by atoms with Gasteiger partial charge in [0.05, 0.1) is 0 Å². The van der Waals surface area contributed by atoms with Crippen molar-refractivity contribution in [1.82, 2.24) is 0 Å². The van der Waals surface area contributed by atoms with Crippen LogP contribution in [0.2, 0.25) is 0 Å². The Morgan fingerprint density at radius 1 is 0.941 bits per heavy atom. The van der Waals surface area contributed by atoms with Crippen LogP contribution in [0.4, 0.5) is 0 Å². The lowest BCUT2D eigenvalue weighted by molar-refractivity contribution is -0.127. The van der Waals surface area contributed by atoms with Gasteiger partial charge >= 0.3 is 0 Å². The number of ketones is 2. The lowest BCUT2D eigenvalue weighted by atomic mass is 9.73. The molecule has 0 heterocycles. The van der Waals surface area contributed by atoms with E-state index < -0.39 is 21.3 Å². The van der Waals surface area contributed by atoms with Crippen LogP contribution in [-0.4, -0.2) is 21.3 Å². The maximum atomic E-state index is 12.2. The third-order valence-electron chi connectivity index (χ3n) is 3.89. The Bertz CT molecular complexity index is 480. The lowest BCUT2D eigenvalue weighted by Gasteiger charge is -2.43. The molecule has 3 aliphatic rings. The van der Waals surface area contributed by atoms with Gasteiger partial charge in [0.1, 0.15) is 19.8 Å². The van der Waals surface area contributed by atoms with Crippen LogP contribution in [0.3, 0.4) is 0 Å². The molecule has 0 unspecified atom stereocenters. The average Bonchev–Trinajstić information content (AvgIpc) is 2.87. The molecule has 3 rings (SSSR count). The Hall–Kier alpha value is -0.0200. The normalized spacial score (nSPS) is 48.0. The third kappa shape index (κ3) is 1.07. The molecule has 0 aromatic rings. The van der Waals surface area contributed by atoms with Gasteiger partial charge < -0.3 is 0 Å². The molecule has 0 aromatic heterocycles. The van der Waals surface area contributed by atoms with Crippen molar-refractivity contribution in [2.75, 3.05) is 0 Å². The second-order valence-corrected chi connectivity index (χ2v) is 6.49. The fourth-order valence-electron chi connectivity index (χ4n) is 3.01. The Labute approximate surface area is 118 Å². The van der Waals surface area contributed by atoms with Crippen molar-refractivity contribution >= 4 is 58.0 Å². The van der Waals surface area contributed by atoms with E-state index in [1.54, 1.807) is 0 Å². The number of hydrogen-bond donors (Lipinski definition) is 0. The van der Waals surface area contributed by atoms with Gasteiger partial charge in [-0.3, -0.25) is 9.59 Å². The Kier molecular flexibility index (Phi) is 2.33. The first-order valence-electron chi connectivity index (χ1n) is 5.06. The minimum absolute atomic E-state index is 0.262. The first-order valence-corrected chi connectivity index (χ1v) is 6.57. The zero-order chi connectivity index (χ0) is 12.6. The number of fused-ring (bicyclic) bond motifs is 5. The van der Waals surface area contributed by atoms with Crippen LogP contribution >= 0.6 is 46.4 Å². The summed E-state index contributed by atoms with van der Waals surface area (Å²) in [5, 5.41) is -0.604. The minimum atomic E-state index is -1.49. The van der Waals surface area contributed by atoms with Gasteiger partial charge in [-0.05, 0) is 6.42 Å². The number of allylic oxidation sites excluding steroid dienone is 4. The second kappa shape index (κ2) is 3.30. The fourth-order valence-corrected chi connectivity index (χ4v) is 4.55. The number of halogens is 4. The summed E-state index contributed by atoms with van der Waals surface area (Å²) in [6.45, 7) is 0. The van der Waals surface area contributed by atoms with E-state index in [1.165, 1.54) is 0 Å². The maximum Gasteiger partial charge on any atom is 0.199 e. The monoisotopic (exact) mass is 310 g/mol. The molecule has 3 aliphatic carbocycles. The molecule has 6 heteroatoms. The van der Waals surface area contributed by atoms with Gasteiger partial charge in [-0.25, -0.2) is 0 Å². The van der Waals surface area contributed by atoms with E-state index in [0.29, 0.717) is 6.42 Å². The molecule has 1 saturated carbocycles. The smallest absolute Gasteiger partial charge is 0.199 e. The molecule has 0 amide bonds. The van der Waals surface area contributed by atoms with Crippen molar-refractivity contribution in [3.05, 3.63) is 22.2 Å². The molecular formula is C11H6Cl4O2. The molecular weight excluding hydrogens is 306 g/mol. The SMILES string of the molecule is O=C1C(Cl)=C(Cl)C(=O)[C@]2(Cl)[C@H]3C=C[C@H](C3)[C@@]12Cl. The molecule has 0 radical (unpaired) electrons. The Morgan fingerprint density at radius 2 is 1.29 bits per heavy atom. The molecule has 0 aliphatic heterocycles. The van der Waals surface area contributed by atoms with E-state index in [4.69, 9.17) is 46.4 Å². The van der Waals surface area contributed by atoms with E-state index in [2.05, 4.69) is 0 Å². The quantitative estimate of drug-likeness (QED) is 0.509. The first kappa shape index (κ1) is 12.0. The molecule has 2 bridgehead atoms. The highest BCUT2D eigenvalue weighted by atomic mass is 35.5. The highest BCUT2D eigenvalue weighted by molar-refractivity contribution is 6.66. The number of carbonyl (C=O) groups excluding carboxylic acids is 2. The highest BCUT2D eigenvalue weighted by Gasteiger charge is 2.74. The predicted octanol–water partition coefficient (Wildman–Crippen LogP) is 2.99. The van der Waals surface area contributed by atoms with E-state index >= 15 is 0 Å². The zero-order valence-corrected chi connectivity index (χ0v) is 11.4. The van der Waals surface area contributed by atoms with Crippen molar-refractivity contribution in [2.45, 2.75) is 16.2 Å². The topological polar surface area (TPSA) is 34.1 Å². The fraction of sp³-hybridized carbons (Fsp3) is 0.455. The van der Waals surface area contributed by atoms with E-state index in [1.807, 2.05) is 12.2 Å². The Balaban J connectivity index is 2.31. The van der Waals surface area contributed by atoms with Crippen LogP contribution in [0, 0.1) is 11.8 Å². The van der Waals surface area contributed by atoms with Gasteiger partial charge in [-0.15, -0.1) is 23.2 Å². The maximum absolute atomic E-state index is 12.2. The van der Waals surface area contributed by atoms with E-state index in [-0.39, 0.29) is 21.9 Å². The minimum Gasteiger partial charge on any atom is -0.291 e. The summed E-state index contributed by atoms with van der Waals surface area (Å²) in [6, 6.07) is 0. The number of alkyl halides is 2. The van der Waals surface area contributed by atoms with Gasteiger partial charge in [-0.2, -0.15) is 0 Å². The van der Waals surface area contributed by atoms with Crippen molar-refractivity contribution < 1.29 is 9.59 Å². The average molecular weight is 312 g/mol. The summed E-state index contributed by atoms with van der Waals surface area (Å²) in [6.07, 6.45) is 4.23. The van der Waals surface area contributed by atoms with Crippen LogP contribution in [0.15, 0.2) is 22.2 Å². The van der Waals surface area contributed by atoms with E-state index in [0.717, 1.165) is 0 Å². The lowest BCUT2D eigenvalue weighted by Crippen LogP contribution is -2.61. The van der Waals surface area contributed by atoms with Gasteiger partial charge in [-0.1, -0.05) is 35.4 Å². The summed E-state index contributed by atoms with van der Waals surface area (Å²) in [4.78, 5) is 21.4. The summed E-state index contributed by atoms with van der Waals surface area (Å²) >= 11 is 24.3. The molecule has 17 heavy (non-hydrogen) atoms. The number of rotatable bonds is 0. The van der Waals surface area contributed by atoms with Gasteiger partial charge in [0, 0.05) is 11.8 Å². The molecule has 90 valence electrons. The van der Waals surface area contributed by atoms with Crippen LogP contribution in [-0.2, 0) is 9.59 Å². The number of Topliss-reactive ketones (excluding diaryl/α,β-unsaturated/α-hetero) is 2. The van der Waals surface area contributed by atoms with E-state index in [9.17, 15) is 9.59 Å². The van der Waals surface area contributed by atoms with Gasteiger partial charge in [0.2, 0.25) is 0 Å². The van der Waals surface area contributed by atoms with Crippen molar-refractivity contribution in [1.29, 1.82) is 0 Å². The van der Waals surface area contributed by atoms with Crippen LogP contribution < -0.4 is 0 Å². The van der Waals surface area contributed by atoms with Crippen molar-refractivity contribution in [3.8, 4) is 0 Å². The predicted molar refractivity (Wildman–Crippen MR) is 66.7 cm³/mol. The molecule has 0 N–H and O–H groups in total. The summed E-state index contributed by atoms with van der Waals surface area (Å²) in [5.41, 5.74) is 0. The third-order valence-corrected chi connectivity index (χ3v) is 6.30. The van der Waals surface area contributed by atoms with Crippen LogP contribution in [0.25, 0.3) is 0 Å². The first-order chi connectivity index (χ1) is 7.85. The second-order valence-electron chi connectivity index (χ2n) is 4.54. The largest absolute Gasteiger partial charge is 0.291 e. The number of hydrogen-bond acceptors (Lipinski definition) is 2. The summed E-state index contributed by atoms with van der Waals surface area (Å²) in [5.74, 6) is -1.61. The molecule has 0 aromatic carbocycles. The Morgan fingerprint density at radius 3 is 1.65 bits per heavy atom. The van der Waals surface area contributed by atoms with Crippen LogP contribution in [0.1, 0.15) is 6.42 Å². The van der Waals surface area contributed by atoms with Crippen LogP contribution in [0.5, 0.6) is 0 Å². The molecule has 0 saturated heterocycles. The van der Waals surface area contributed by atoms with Gasteiger partial charge in [0.25, 0.3) is 0 Å². The van der Waals surface area contributed by atoms with Crippen molar-refractivity contribution in [3.63, 3.8) is 0 Å². The summed E-state index contributed by atoms with van der Waals surface area (Å²) in [7, 11) is 0. The molecule has 1 fully saturated rings. The molecule has 2 nitrogen and oxygen atoms in total. The molecule has 0 spiro atoms. The molecule has 4 atom stereocenters. The van der Waals surface area contributed by atoms with Crippen molar-refractivity contribution in [2.24, 2.45) is 11.8 Å².